The van der Waals surface area contributed by atoms with Crippen molar-refractivity contribution >= 4 is 34.5 Å². The highest BCUT2D eigenvalue weighted by Crippen LogP contribution is 2.30. The molecule has 3 aromatic carbocycles. The second-order valence-corrected chi connectivity index (χ2v) is 6.17. The first-order valence-electron chi connectivity index (χ1n) is 8.89. The first-order valence-corrected chi connectivity index (χ1v) is 8.89. The normalized spacial score (nSPS) is 10.8. The van der Waals surface area contributed by atoms with Gasteiger partial charge in [-0.15, -0.1) is 0 Å². The number of amides is 2. The minimum Gasteiger partial charge on any atom is -0.496 e. The van der Waals surface area contributed by atoms with Gasteiger partial charge >= 0.3 is 0 Å². The Labute approximate surface area is 168 Å². The SMILES string of the molecule is COc1ccccc1N(N=Cc1c(OC)ccc2ccccc12)C(=O)CC(N)=O. The molecule has 0 unspecified atom stereocenters. The van der Waals surface area contributed by atoms with Crippen molar-refractivity contribution in [2.24, 2.45) is 10.8 Å². The number of hydrazone groups is 1. The average molecular weight is 391 g/mol. The second kappa shape index (κ2) is 8.88. The molecule has 0 aliphatic rings. The first kappa shape index (κ1) is 19.9. The van der Waals surface area contributed by atoms with Crippen molar-refractivity contribution in [2.75, 3.05) is 19.2 Å². The van der Waals surface area contributed by atoms with Crippen molar-refractivity contribution in [3.63, 3.8) is 0 Å². The number of rotatable bonds is 7. The van der Waals surface area contributed by atoms with Crippen molar-refractivity contribution in [1.29, 1.82) is 0 Å². The lowest BCUT2D eigenvalue weighted by Gasteiger charge is -2.19. The zero-order valence-electron chi connectivity index (χ0n) is 16.2. The molecule has 7 heteroatoms. The van der Waals surface area contributed by atoms with E-state index in [-0.39, 0.29) is 0 Å². The summed E-state index contributed by atoms with van der Waals surface area (Å²) in [5.41, 5.74) is 6.32. The second-order valence-electron chi connectivity index (χ2n) is 6.17. The standard InChI is InChI=1S/C22H21N3O4/c1-28-19-12-11-15-7-3-4-8-16(15)17(19)14-24-25(22(27)13-21(23)26)18-9-5-6-10-20(18)29-2/h3-12,14H,13H2,1-2H3,(H2,23,26). The van der Waals surface area contributed by atoms with Crippen LogP contribution in [-0.2, 0) is 9.59 Å². The Morgan fingerprint density at radius 1 is 0.966 bits per heavy atom. The van der Waals surface area contributed by atoms with Gasteiger partial charge < -0.3 is 15.2 Å². The number of fused-ring (bicyclic) bond motifs is 1. The van der Waals surface area contributed by atoms with Crippen LogP contribution < -0.4 is 20.2 Å². The van der Waals surface area contributed by atoms with Crippen LogP contribution in [0.1, 0.15) is 12.0 Å². The van der Waals surface area contributed by atoms with Crippen LogP contribution in [0.5, 0.6) is 11.5 Å². The quantitative estimate of drug-likeness (QED) is 0.380. The monoisotopic (exact) mass is 391 g/mol. The largest absolute Gasteiger partial charge is 0.496 e. The number of anilines is 1. The number of primary amides is 1. The minimum absolute atomic E-state index is 0.400. The maximum absolute atomic E-state index is 12.7. The molecular weight excluding hydrogens is 370 g/mol. The molecule has 0 aliphatic heterocycles. The predicted octanol–water partition coefficient (Wildman–Crippen LogP) is 3.10. The molecule has 0 saturated heterocycles. The summed E-state index contributed by atoms with van der Waals surface area (Å²) < 4.78 is 10.8. The Bertz CT molecular complexity index is 1080. The molecule has 2 amide bonds. The number of hydrogen-bond acceptors (Lipinski definition) is 5. The highest BCUT2D eigenvalue weighted by Gasteiger charge is 2.20. The Hall–Kier alpha value is -3.87. The van der Waals surface area contributed by atoms with Crippen LogP contribution in [0.2, 0.25) is 0 Å². The number of nitrogens with two attached hydrogens (primary N) is 1. The van der Waals surface area contributed by atoms with E-state index in [1.54, 1.807) is 31.4 Å². The number of para-hydroxylation sites is 2. The van der Waals surface area contributed by atoms with Gasteiger partial charge in [0.1, 0.15) is 23.6 Å². The van der Waals surface area contributed by atoms with Gasteiger partial charge in [0.05, 0.1) is 20.4 Å². The number of nitrogens with zero attached hydrogens (tertiary/aromatic N) is 2. The number of carbonyl (C=O) groups is 2. The van der Waals surface area contributed by atoms with Crippen molar-refractivity contribution in [2.45, 2.75) is 6.42 Å². The lowest BCUT2D eigenvalue weighted by atomic mass is 10.0. The van der Waals surface area contributed by atoms with Crippen molar-refractivity contribution in [1.82, 2.24) is 0 Å². The molecule has 0 aliphatic carbocycles. The molecule has 2 N–H and O–H groups in total. The van der Waals surface area contributed by atoms with Crippen LogP contribution in [0.4, 0.5) is 5.69 Å². The van der Waals surface area contributed by atoms with Gasteiger partial charge in [0, 0.05) is 5.56 Å². The number of methoxy groups -OCH3 is 2. The lowest BCUT2D eigenvalue weighted by molar-refractivity contribution is -0.126. The van der Waals surface area contributed by atoms with E-state index in [1.165, 1.54) is 13.3 Å². The Kier molecular flexibility index (Phi) is 6.09. The van der Waals surface area contributed by atoms with E-state index in [2.05, 4.69) is 5.10 Å². The van der Waals surface area contributed by atoms with Crippen LogP contribution in [0.25, 0.3) is 10.8 Å². The fraction of sp³-hybridized carbons (Fsp3) is 0.136. The summed E-state index contributed by atoms with van der Waals surface area (Å²) >= 11 is 0. The van der Waals surface area contributed by atoms with Gasteiger partial charge in [-0.3, -0.25) is 9.59 Å². The van der Waals surface area contributed by atoms with E-state index in [0.29, 0.717) is 22.7 Å². The predicted molar refractivity (Wildman–Crippen MR) is 112 cm³/mol. The third-order valence-corrected chi connectivity index (χ3v) is 4.33. The molecule has 0 spiro atoms. The number of hydrogen-bond donors (Lipinski definition) is 1. The summed E-state index contributed by atoms with van der Waals surface area (Å²) in [6.07, 6.45) is 1.05. The smallest absolute Gasteiger partial charge is 0.256 e. The molecule has 3 aromatic rings. The summed E-state index contributed by atoms with van der Waals surface area (Å²) in [5.74, 6) is -0.271. The first-order chi connectivity index (χ1) is 14.0. The van der Waals surface area contributed by atoms with Gasteiger partial charge in [0.2, 0.25) is 5.91 Å². The van der Waals surface area contributed by atoms with E-state index < -0.39 is 18.2 Å². The van der Waals surface area contributed by atoms with E-state index in [0.717, 1.165) is 15.8 Å². The molecule has 7 nitrogen and oxygen atoms in total. The highest BCUT2D eigenvalue weighted by molar-refractivity contribution is 6.07. The van der Waals surface area contributed by atoms with Crippen molar-refractivity contribution < 1.29 is 19.1 Å². The molecule has 3 rings (SSSR count). The van der Waals surface area contributed by atoms with Gasteiger partial charge in [-0.25, -0.2) is 0 Å². The molecule has 0 atom stereocenters. The fourth-order valence-electron chi connectivity index (χ4n) is 2.99. The van der Waals surface area contributed by atoms with Crippen LogP contribution in [0, 0.1) is 0 Å². The maximum Gasteiger partial charge on any atom is 0.256 e. The summed E-state index contributed by atoms with van der Waals surface area (Å²) in [6.45, 7) is 0. The van der Waals surface area contributed by atoms with E-state index in [4.69, 9.17) is 15.2 Å². The minimum atomic E-state index is -0.743. The van der Waals surface area contributed by atoms with E-state index in [9.17, 15) is 9.59 Å². The summed E-state index contributed by atoms with van der Waals surface area (Å²) in [5, 5.41) is 7.41. The summed E-state index contributed by atoms with van der Waals surface area (Å²) in [4.78, 5) is 24.0. The summed E-state index contributed by atoms with van der Waals surface area (Å²) in [7, 11) is 3.06. The molecule has 0 fully saturated rings. The van der Waals surface area contributed by atoms with Crippen LogP contribution in [0.3, 0.4) is 0 Å². The van der Waals surface area contributed by atoms with Crippen LogP contribution >= 0.6 is 0 Å². The molecule has 0 radical (unpaired) electrons. The molecule has 29 heavy (non-hydrogen) atoms. The van der Waals surface area contributed by atoms with E-state index in [1.807, 2.05) is 36.4 Å². The molecule has 0 heterocycles. The van der Waals surface area contributed by atoms with Crippen LogP contribution in [0.15, 0.2) is 65.8 Å². The summed E-state index contributed by atoms with van der Waals surface area (Å²) in [6, 6.07) is 18.4. The van der Waals surface area contributed by atoms with Crippen molar-refractivity contribution in [3.8, 4) is 11.5 Å². The Morgan fingerprint density at radius 2 is 1.66 bits per heavy atom. The lowest BCUT2D eigenvalue weighted by Crippen LogP contribution is -2.30. The fourth-order valence-corrected chi connectivity index (χ4v) is 2.99. The molecule has 0 saturated carbocycles. The highest BCUT2D eigenvalue weighted by atomic mass is 16.5. The molecule has 148 valence electrons. The van der Waals surface area contributed by atoms with Crippen molar-refractivity contribution in [3.05, 3.63) is 66.2 Å². The van der Waals surface area contributed by atoms with Gasteiger partial charge in [0.25, 0.3) is 5.91 Å². The van der Waals surface area contributed by atoms with Gasteiger partial charge in [-0.2, -0.15) is 10.1 Å². The van der Waals surface area contributed by atoms with Crippen LogP contribution in [-0.4, -0.2) is 32.2 Å². The molecule has 0 bridgehead atoms. The Balaban J connectivity index is 2.11. The van der Waals surface area contributed by atoms with Gasteiger partial charge in [0.15, 0.2) is 0 Å². The zero-order valence-corrected chi connectivity index (χ0v) is 16.2. The molecule has 0 aromatic heterocycles. The number of ether oxygens (including phenoxy) is 2. The average Bonchev–Trinajstić information content (AvgIpc) is 2.73. The number of benzene rings is 3. The molecular formula is C22H21N3O4. The third-order valence-electron chi connectivity index (χ3n) is 4.33. The topological polar surface area (TPSA) is 94.2 Å². The van der Waals surface area contributed by atoms with E-state index >= 15 is 0 Å². The maximum atomic E-state index is 12.7. The van der Waals surface area contributed by atoms with Gasteiger partial charge in [-0.1, -0.05) is 42.5 Å². The number of carbonyl (C=O) groups excluding carboxylic acids is 2. The third kappa shape index (κ3) is 4.35. The van der Waals surface area contributed by atoms with Gasteiger partial charge in [-0.05, 0) is 29.0 Å². The Morgan fingerprint density at radius 3 is 2.38 bits per heavy atom. The zero-order chi connectivity index (χ0) is 20.8.